The zero-order valence-electron chi connectivity index (χ0n) is 12.3. The van der Waals surface area contributed by atoms with Crippen LogP contribution in [0.1, 0.15) is 29.9 Å². The number of hydrogen-bond acceptors (Lipinski definition) is 5. The first-order valence-electron chi connectivity index (χ1n) is 6.71. The molecule has 112 valence electrons. The van der Waals surface area contributed by atoms with Gasteiger partial charge in [0.25, 0.3) is 0 Å². The van der Waals surface area contributed by atoms with E-state index in [9.17, 15) is 10.1 Å². The predicted molar refractivity (Wildman–Crippen MR) is 78.6 cm³/mol. The van der Waals surface area contributed by atoms with Crippen LogP contribution in [-0.2, 0) is 0 Å². The summed E-state index contributed by atoms with van der Waals surface area (Å²) in [7, 11) is 1.77. The van der Waals surface area contributed by atoms with Crippen LogP contribution in [0.4, 0.5) is 5.88 Å². The molecule has 0 saturated heterocycles. The Bertz CT molecular complexity index is 636. The molecule has 2 aromatic rings. The molecule has 6 nitrogen and oxygen atoms in total. The van der Waals surface area contributed by atoms with Gasteiger partial charge in [-0.15, -0.1) is 0 Å². The van der Waals surface area contributed by atoms with Gasteiger partial charge in [0.2, 0.25) is 0 Å². The molecule has 1 unspecified atom stereocenters. The highest BCUT2D eigenvalue weighted by molar-refractivity contribution is 5.42. The highest BCUT2D eigenvalue weighted by Crippen LogP contribution is 2.33. The van der Waals surface area contributed by atoms with Crippen molar-refractivity contribution in [1.82, 2.24) is 5.32 Å². The summed E-state index contributed by atoms with van der Waals surface area (Å²) in [6, 6.07) is 8.51. The molecule has 0 radical (unpaired) electrons. The zero-order valence-corrected chi connectivity index (χ0v) is 12.3. The third-order valence-electron chi connectivity index (χ3n) is 3.14. The SMILES string of the molecule is CCOc1ccc(C)cc1C(NC)c1ccc([N+](=O)[O-])o1. The van der Waals surface area contributed by atoms with Crippen LogP contribution in [0.5, 0.6) is 5.75 Å². The Labute approximate surface area is 122 Å². The second-order valence-corrected chi connectivity index (χ2v) is 4.63. The van der Waals surface area contributed by atoms with Crippen LogP contribution >= 0.6 is 0 Å². The van der Waals surface area contributed by atoms with E-state index in [0.29, 0.717) is 12.4 Å². The second kappa shape index (κ2) is 6.41. The van der Waals surface area contributed by atoms with Crippen LogP contribution in [-0.4, -0.2) is 18.6 Å². The van der Waals surface area contributed by atoms with Gasteiger partial charge in [-0.3, -0.25) is 10.1 Å². The summed E-state index contributed by atoms with van der Waals surface area (Å²) >= 11 is 0. The van der Waals surface area contributed by atoms with Gasteiger partial charge in [0.15, 0.2) is 0 Å². The number of hydrogen-bond donors (Lipinski definition) is 1. The molecule has 2 rings (SSSR count). The molecule has 1 aromatic heterocycles. The van der Waals surface area contributed by atoms with Crippen molar-refractivity contribution in [2.75, 3.05) is 13.7 Å². The normalized spacial score (nSPS) is 12.1. The summed E-state index contributed by atoms with van der Waals surface area (Å²) in [6.45, 7) is 4.44. The molecule has 0 bridgehead atoms. The highest BCUT2D eigenvalue weighted by atomic mass is 16.6. The van der Waals surface area contributed by atoms with Gasteiger partial charge in [-0.1, -0.05) is 17.7 Å². The van der Waals surface area contributed by atoms with E-state index in [1.807, 2.05) is 32.0 Å². The summed E-state index contributed by atoms with van der Waals surface area (Å²) < 4.78 is 10.9. The average Bonchev–Trinajstić information content (AvgIpc) is 2.92. The minimum atomic E-state index is -0.546. The molecule has 0 fully saturated rings. The van der Waals surface area contributed by atoms with Gasteiger partial charge in [0.05, 0.1) is 18.7 Å². The Hall–Kier alpha value is -2.34. The maximum absolute atomic E-state index is 10.8. The summed E-state index contributed by atoms with van der Waals surface area (Å²) in [5.41, 5.74) is 1.97. The van der Waals surface area contributed by atoms with E-state index in [0.717, 1.165) is 16.9 Å². The number of benzene rings is 1. The number of ether oxygens (including phenoxy) is 1. The fraction of sp³-hybridized carbons (Fsp3) is 0.333. The molecule has 0 saturated carbocycles. The first kappa shape index (κ1) is 15.1. The number of nitro groups is 1. The van der Waals surface area contributed by atoms with Crippen molar-refractivity contribution in [2.24, 2.45) is 0 Å². The molecule has 1 N–H and O–H groups in total. The zero-order chi connectivity index (χ0) is 15.4. The number of nitrogens with one attached hydrogen (secondary N) is 1. The van der Waals surface area contributed by atoms with Crippen molar-refractivity contribution in [2.45, 2.75) is 19.9 Å². The van der Waals surface area contributed by atoms with Crippen molar-refractivity contribution in [1.29, 1.82) is 0 Å². The maximum Gasteiger partial charge on any atom is 0.433 e. The molecule has 0 aliphatic rings. The summed E-state index contributed by atoms with van der Waals surface area (Å²) in [4.78, 5) is 10.2. The molecule has 1 atom stereocenters. The van der Waals surface area contributed by atoms with E-state index in [-0.39, 0.29) is 11.9 Å². The van der Waals surface area contributed by atoms with Crippen molar-refractivity contribution < 1.29 is 14.1 Å². The molecule has 0 spiro atoms. The van der Waals surface area contributed by atoms with Crippen molar-refractivity contribution in [3.63, 3.8) is 0 Å². The Kier molecular flexibility index (Phi) is 4.59. The van der Waals surface area contributed by atoms with E-state index < -0.39 is 4.92 Å². The minimum absolute atomic E-state index is 0.268. The second-order valence-electron chi connectivity index (χ2n) is 4.63. The third-order valence-corrected chi connectivity index (χ3v) is 3.14. The van der Waals surface area contributed by atoms with Crippen LogP contribution < -0.4 is 10.1 Å². The lowest BCUT2D eigenvalue weighted by Crippen LogP contribution is -2.18. The van der Waals surface area contributed by atoms with Crippen LogP contribution in [0.3, 0.4) is 0 Å². The van der Waals surface area contributed by atoms with Gasteiger partial charge in [-0.25, -0.2) is 0 Å². The lowest BCUT2D eigenvalue weighted by atomic mass is 10.0. The highest BCUT2D eigenvalue weighted by Gasteiger charge is 2.23. The molecular weight excluding hydrogens is 272 g/mol. The monoisotopic (exact) mass is 290 g/mol. The Balaban J connectivity index is 2.44. The van der Waals surface area contributed by atoms with Crippen molar-refractivity contribution in [3.8, 4) is 5.75 Å². The molecule has 6 heteroatoms. The Morgan fingerprint density at radius 3 is 2.71 bits per heavy atom. The maximum atomic E-state index is 10.8. The number of rotatable bonds is 6. The molecule has 0 aliphatic carbocycles. The lowest BCUT2D eigenvalue weighted by Gasteiger charge is -2.18. The molecular formula is C15H18N2O4. The largest absolute Gasteiger partial charge is 0.494 e. The third kappa shape index (κ3) is 3.22. The van der Waals surface area contributed by atoms with Gasteiger partial charge in [-0.05, 0) is 33.0 Å². The fourth-order valence-electron chi connectivity index (χ4n) is 2.23. The van der Waals surface area contributed by atoms with Crippen LogP contribution in [0, 0.1) is 17.0 Å². The minimum Gasteiger partial charge on any atom is -0.494 e. The molecule has 0 aliphatic heterocycles. The molecule has 1 aromatic carbocycles. The lowest BCUT2D eigenvalue weighted by molar-refractivity contribution is -0.402. The van der Waals surface area contributed by atoms with Gasteiger partial charge >= 0.3 is 5.88 Å². The molecule has 1 heterocycles. The van der Waals surface area contributed by atoms with E-state index in [1.165, 1.54) is 6.07 Å². The number of furan rings is 1. The van der Waals surface area contributed by atoms with E-state index in [1.54, 1.807) is 13.1 Å². The summed E-state index contributed by atoms with van der Waals surface area (Å²) in [6.07, 6.45) is 0. The van der Waals surface area contributed by atoms with E-state index >= 15 is 0 Å². The quantitative estimate of drug-likeness (QED) is 0.653. The Morgan fingerprint density at radius 1 is 1.38 bits per heavy atom. The van der Waals surface area contributed by atoms with E-state index in [2.05, 4.69) is 5.32 Å². The summed E-state index contributed by atoms with van der Waals surface area (Å²) in [5, 5.41) is 13.9. The van der Waals surface area contributed by atoms with Crippen LogP contribution in [0.25, 0.3) is 0 Å². The fourth-order valence-corrected chi connectivity index (χ4v) is 2.23. The molecule has 0 amide bonds. The van der Waals surface area contributed by atoms with Crippen LogP contribution in [0.15, 0.2) is 34.7 Å². The van der Waals surface area contributed by atoms with Gasteiger partial charge in [-0.2, -0.15) is 0 Å². The van der Waals surface area contributed by atoms with Crippen molar-refractivity contribution in [3.05, 3.63) is 57.3 Å². The number of nitrogens with zero attached hydrogens (tertiary/aromatic N) is 1. The predicted octanol–water partition coefficient (Wildman–Crippen LogP) is 3.20. The van der Waals surface area contributed by atoms with Gasteiger partial charge < -0.3 is 14.5 Å². The standard InChI is InChI=1S/C15H18N2O4/c1-4-20-12-6-5-10(2)9-11(12)15(16-3)13-7-8-14(21-13)17(18)19/h5-9,15-16H,4H2,1-3H3. The summed E-state index contributed by atoms with van der Waals surface area (Å²) in [5.74, 6) is 0.952. The topological polar surface area (TPSA) is 77.5 Å². The van der Waals surface area contributed by atoms with E-state index in [4.69, 9.17) is 9.15 Å². The Morgan fingerprint density at radius 2 is 2.14 bits per heavy atom. The van der Waals surface area contributed by atoms with Gasteiger partial charge in [0, 0.05) is 5.56 Å². The number of aryl methyl sites for hydroxylation is 1. The van der Waals surface area contributed by atoms with Gasteiger partial charge in [0.1, 0.15) is 16.4 Å². The first-order valence-corrected chi connectivity index (χ1v) is 6.71. The average molecular weight is 290 g/mol. The first-order chi connectivity index (χ1) is 10.1. The molecule has 21 heavy (non-hydrogen) atoms. The van der Waals surface area contributed by atoms with Crippen molar-refractivity contribution >= 4 is 5.88 Å². The smallest absolute Gasteiger partial charge is 0.433 e. The van der Waals surface area contributed by atoms with Crippen LogP contribution in [0.2, 0.25) is 0 Å².